The van der Waals surface area contributed by atoms with Crippen LogP contribution in [0.3, 0.4) is 0 Å². The van der Waals surface area contributed by atoms with Crippen LogP contribution in [0.15, 0.2) is 42.5 Å². The molecular formula is C23H26N2O4S. The van der Waals surface area contributed by atoms with E-state index in [1.54, 1.807) is 14.0 Å². The van der Waals surface area contributed by atoms with E-state index in [1.807, 2.05) is 42.2 Å². The van der Waals surface area contributed by atoms with E-state index in [0.29, 0.717) is 23.2 Å². The number of anilines is 1. The van der Waals surface area contributed by atoms with Crippen molar-refractivity contribution in [2.75, 3.05) is 18.6 Å². The van der Waals surface area contributed by atoms with Gasteiger partial charge in [-0.2, -0.15) is 0 Å². The molecule has 2 aliphatic heterocycles. The summed E-state index contributed by atoms with van der Waals surface area (Å²) in [5.41, 5.74) is 1.80. The number of methoxy groups -OCH3 is 1. The maximum atomic E-state index is 13.1. The quantitative estimate of drug-likeness (QED) is 0.573. The van der Waals surface area contributed by atoms with Crippen molar-refractivity contribution in [2.24, 2.45) is 5.92 Å². The van der Waals surface area contributed by atoms with Gasteiger partial charge in [-0.25, -0.2) is 0 Å². The Morgan fingerprint density at radius 1 is 1.23 bits per heavy atom. The van der Waals surface area contributed by atoms with Crippen molar-refractivity contribution in [1.29, 1.82) is 0 Å². The summed E-state index contributed by atoms with van der Waals surface area (Å²) in [6.45, 7) is 6.09. The number of thiocarbonyl (C=S) groups is 1. The van der Waals surface area contributed by atoms with E-state index < -0.39 is 11.6 Å². The molecule has 0 saturated carbocycles. The summed E-state index contributed by atoms with van der Waals surface area (Å²) in [4.78, 5) is 15.0. The number of nitrogens with one attached hydrogen (secondary N) is 1. The van der Waals surface area contributed by atoms with Gasteiger partial charge in [-0.15, -0.1) is 0 Å². The fourth-order valence-electron chi connectivity index (χ4n) is 4.39. The number of aryl methyl sites for hydroxylation is 1. The lowest BCUT2D eigenvalue weighted by atomic mass is 9.79. The Hall–Kier alpha value is -2.80. The van der Waals surface area contributed by atoms with E-state index in [4.69, 9.17) is 26.4 Å². The second-order valence-electron chi connectivity index (χ2n) is 7.55. The average molecular weight is 427 g/mol. The van der Waals surface area contributed by atoms with Gasteiger partial charge in [0.15, 0.2) is 16.6 Å². The summed E-state index contributed by atoms with van der Waals surface area (Å²) in [5, 5.41) is 3.87. The second-order valence-corrected chi connectivity index (χ2v) is 7.93. The number of carbonyl (C=O) groups is 1. The van der Waals surface area contributed by atoms with Crippen LogP contribution in [-0.2, 0) is 16.0 Å². The third-order valence-electron chi connectivity index (χ3n) is 5.85. The lowest BCUT2D eigenvalue weighted by Crippen LogP contribution is -2.71. The largest absolute Gasteiger partial charge is 0.493 e. The molecule has 2 aromatic carbocycles. The van der Waals surface area contributed by atoms with Crippen LogP contribution < -0.4 is 19.7 Å². The molecule has 1 N–H and O–H groups in total. The summed E-state index contributed by atoms with van der Waals surface area (Å²) < 4.78 is 17.6. The molecule has 1 saturated heterocycles. The third-order valence-corrected chi connectivity index (χ3v) is 6.15. The van der Waals surface area contributed by atoms with Crippen molar-refractivity contribution in [3.63, 3.8) is 0 Å². The normalized spacial score (nSPS) is 24.4. The summed E-state index contributed by atoms with van der Waals surface area (Å²) in [5.74, 6) is 0.262. The fourth-order valence-corrected chi connectivity index (χ4v) is 4.81. The predicted molar refractivity (Wildman–Crippen MR) is 119 cm³/mol. The van der Waals surface area contributed by atoms with Gasteiger partial charge in [0.25, 0.3) is 0 Å². The van der Waals surface area contributed by atoms with Crippen LogP contribution in [0.5, 0.6) is 11.5 Å². The molecule has 2 aliphatic rings. The van der Waals surface area contributed by atoms with Crippen LogP contribution in [-0.4, -0.2) is 30.5 Å². The first-order chi connectivity index (χ1) is 14.4. The standard InChI is InChI=1S/C23H26N2O4S/c1-5-14-10-12-15(13-11-14)25-22(30)24-19-16-8-7-9-17(27-4)20(16)29-23(25,3)18(19)21(26)28-6-2/h7-13,18-19H,5-6H2,1-4H3,(H,24,30)/t18-,19+,23+/m1/s1. The molecule has 2 bridgehead atoms. The Balaban J connectivity index is 1.89. The molecule has 0 spiro atoms. The van der Waals surface area contributed by atoms with E-state index in [0.717, 1.165) is 17.7 Å². The zero-order valence-corrected chi connectivity index (χ0v) is 18.4. The van der Waals surface area contributed by atoms with E-state index in [9.17, 15) is 4.79 Å². The Morgan fingerprint density at radius 2 is 1.97 bits per heavy atom. The number of ether oxygens (including phenoxy) is 3. The van der Waals surface area contributed by atoms with Crippen molar-refractivity contribution in [1.82, 2.24) is 5.32 Å². The summed E-state index contributed by atoms with van der Waals surface area (Å²) in [7, 11) is 1.60. The Labute approximate surface area is 182 Å². The van der Waals surface area contributed by atoms with Crippen molar-refractivity contribution >= 4 is 29.0 Å². The highest BCUT2D eigenvalue weighted by Crippen LogP contribution is 2.52. The van der Waals surface area contributed by atoms with Gasteiger partial charge in [-0.1, -0.05) is 31.2 Å². The minimum Gasteiger partial charge on any atom is -0.493 e. The van der Waals surface area contributed by atoms with E-state index in [-0.39, 0.29) is 12.0 Å². The van der Waals surface area contributed by atoms with E-state index in [2.05, 4.69) is 24.4 Å². The van der Waals surface area contributed by atoms with E-state index >= 15 is 0 Å². The SMILES string of the molecule is CCOC(=O)[C@H]1[C@H]2NC(=S)N(c3ccc(CC)cc3)[C@@]1(C)Oc1c(OC)cccc12. The number of rotatable bonds is 5. The van der Waals surface area contributed by atoms with Gasteiger partial charge in [0.05, 0.1) is 19.8 Å². The maximum absolute atomic E-state index is 13.1. The van der Waals surface area contributed by atoms with Gasteiger partial charge >= 0.3 is 5.97 Å². The van der Waals surface area contributed by atoms with Gasteiger partial charge in [0, 0.05) is 11.3 Å². The number of hydrogen-bond donors (Lipinski definition) is 1. The first-order valence-corrected chi connectivity index (χ1v) is 10.6. The molecule has 6 nitrogen and oxygen atoms in total. The summed E-state index contributed by atoms with van der Waals surface area (Å²) in [6, 6.07) is 13.4. The van der Waals surface area contributed by atoms with Crippen molar-refractivity contribution in [2.45, 2.75) is 39.0 Å². The molecule has 30 heavy (non-hydrogen) atoms. The molecule has 0 aromatic heterocycles. The van der Waals surface area contributed by atoms with E-state index in [1.165, 1.54) is 5.56 Å². The molecule has 1 fully saturated rings. The third kappa shape index (κ3) is 3.08. The van der Waals surface area contributed by atoms with Crippen LogP contribution in [0.25, 0.3) is 0 Å². The van der Waals surface area contributed by atoms with Crippen molar-refractivity contribution < 1.29 is 19.0 Å². The van der Waals surface area contributed by atoms with Gasteiger partial charge < -0.3 is 19.5 Å². The van der Waals surface area contributed by atoms with Gasteiger partial charge in [-0.3, -0.25) is 9.69 Å². The number of para-hydroxylation sites is 1. The number of benzene rings is 2. The highest BCUT2D eigenvalue weighted by atomic mass is 32.1. The topological polar surface area (TPSA) is 60.0 Å². The van der Waals surface area contributed by atoms with Crippen molar-refractivity contribution in [3.8, 4) is 11.5 Å². The Kier molecular flexibility index (Phi) is 5.32. The van der Waals surface area contributed by atoms with Crippen molar-refractivity contribution in [3.05, 3.63) is 53.6 Å². The highest BCUT2D eigenvalue weighted by Gasteiger charge is 2.60. The molecule has 158 valence electrons. The van der Waals surface area contributed by atoms with Crippen LogP contribution in [0.1, 0.15) is 37.9 Å². The number of carbonyl (C=O) groups excluding carboxylic acids is 1. The maximum Gasteiger partial charge on any atom is 0.317 e. The Bertz CT molecular complexity index is 978. The Morgan fingerprint density at radius 3 is 2.60 bits per heavy atom. The lowest BCUT2D eigenvalue weighted by Gasteiger charge is -2.55. The number of nitrogens with zero attached hydrogens (tertiary/aromatic N) is 1. The zero-order valence-electron chi connectivity index (χ0n) is 17.6. The summed E-state index contributed by atoms with van der Waals surface area (Å²) >= 11 is 5.74. The van der Waals surface area contributed by atoms with Gasteiger partial charge in [0.2, 0.25) is 5.72 Å². The molecular weight excluding hydrogens is 400 g/mol. The molecule has 0 amide bonds. The van der Waals surface area contributed by atoms with Gasteiger partial charge in [0.1, 0.15) is 5.92 Å². The minimum atomic E-state index is -1.09. The predicted octanol–water partition coefficient (Wildman–Crippen LogP) is 3.98. The highest BCUT2D eigenvalue weighted by molar-refractivity contribution is 7.80. The summed E-state index contributed by atoms with van der Waals surface area (Å²) in [6.07, 6.45) is 0.939. The van der Waals surface area contributed by atoms with Gasteiger partial charge in [-0.05, 0) is 56.2 Å². The molecule has 0 aliphatic carbocycles. The van der Waals surface area contributed by atoms with Crippen LogP contribution in [0.2, 0.25) is 0 Å². The zero-order chi connectivity index (χ0) is 21.5. The van der Waals surface area contributed by atoms with Crippen LogP contribution in [0.4, 0.5) is 5.69 Å². The average Bonchev–Trinajstić information content (AvgIpc) is 2.73. The first-order valence-electron chi connectivity index (χ1n) is 10.2. The van der Waals surface area contributed by atoms with Crippen LogP contribution in [0, 0.1) is 5.92 Å². The molecule has 0 unspecified atom stereocenters. The molecule has 2 aromatic rings. The first kappa shape index (κ1) is 20.5. The fraction of sp³-hybridized carbons (Fsp3) is 0.391. The molecule has 0 radical (unpaired) electrons. The number of fused-ring (bicyclic) bond motifs is 4. The smallest absolute Gasteiger partial charge is 0.317 e. The molecule has 7 heteroatoms. The molecule has 4 rings (SSSR count). The van der Waals surface area contributed by atoms with Crippen LogP contribution >= 0.6 is 12.2 Å². The molecule has 2 heterocycles. The molecule has 3 atom stereocenters. The minimum absolute atomic E-state index is 0.290. The lowest BCUT2D eigenvalue weighted by molar-refractivity contribution is -0.159. The second kappa shape index (κ2) is 7.80. The monoisotopic (exact) mass is 426 g/mol. The number of esters is 1. The number of hydrogen-bond acceptors (Lipinski definition) is 5.